The van der Waals surface area contributed by atoms with E-state index in [0.717, 1.165) is 0 Å². The normalized spacial score (nSPS) is 13.2. The van der Waals surface area contributed by atoms with E-state index in [-0.39, 0.29) is 11.8 Å². The highest BCUT2D eigenvalue weighted by molar-refractivity contribution is 5.87. The van der Waals surface area contributed by atoms with Crippen LogP contribution in [0, 0.1) is 5.92 Å². The molecule has 0 radical (unpaired) electrons. The predicted molar refractivity (Wildman–Crippen MR) is 70.8 cm³/mol. The molecule has 0 fully saturated rings. The average molecular weight is 267 g/mol. The lowest BCUT2D eigenvalue weighted by Gasteiger charge is -2.24. The average Bonchev–Trinajstić information content (AvgIpc) is 2.75. The number of nitrogens with one attached hydrogen (secondary N) is 1. The van der Waals surface area contributed by atoms with Crippen LogP contribution in [-0.4, -0.2) is 33.4 Å². The number of alkyl carbamates (subject to hydrolysis) is 1. The SMILES string of the molecule is CC(C)[C@@H](NC(=O)OC(C)(C)C)C(=O)n1cccn1. The number of ether oxygens (including phenoxy) is 1. The molecular formula is C13H21N3O3. The number of aromatic nitrogens is 2. The van der Waals surface area contributed by atoms with Gasteiger partial charge in [-0.15, -0.1) is 0 Å². The Balaban J connectivity index is 2.74. The number of carbonyl (C=O) groups excluding carboxylic acids is 2. The summed E-state index contributed by atoms with van der Waals surface area (Å²) < 4.78 is 6.36. The van der Waals surface area contributed by atoms with Gasteiger partial charge in [0, 0.05) is 12.4 Å². The van der Waals surface area contributed by atoms with Gasteiger partial charge in [-0.25, -0.2) is 9.48 Å². The molecule has 6 nitrogen and oxygen atoms in total. The summed E-state index contributed by atoms with van der Waals surface area (Å²) in [6.07, 6.45) is 2.46. The minimum atomic E-state index is -0.672. The van der Waals surface area contributed by atoms with Gasteiger partial charge in [-0.3, -0.25) is 4.79 Å². The zero-order valence-corrected chi connectivity index (χ0v) is 12.0. The van der Waals surface area contributed by atoms with Crippen molar-refractivity contribution in [2.45, 2.75) is 46.3 Å². The molecule has 0 bridgehead atoms. The maximum absolute atomic E-state index is 12.2. The van der Waals surface area contributed by atoms with Crippen LogP contribution in [0.2, 0.25) is 0 Å². The molecule has 0 saturated carbocycles. The molecular weight excluding hydrogens is 246 g/mol. The van der Waals surface area contributed by atoms with Crippen LogP contribution >= 0.6 is 0 Å². The molecule has 0 aliphatic carbocycles. The van der Waals surface area contributed by atoms with Gasteiger partial charge in [-0.1, -0.05) is 13.8 Å². The molecule has 1 aromatic rings. The van der Waals surface area contributed by atoms with Gasteiger partial charge in [0.2, 0.25) is 0 Å². The van der Waals surface area contributed by atoms with Gasteiger partial charge in [0.1, 0.15) is 11.6 Å². The number of carbonyl (C=O) groups is 2. The largest absolute Gasteiger partial charge is 0.444 e. The molecule has 1 heterocycles. The van der Waals surface area contributed by atoms with Crippen LogP contribution in [0.3, 0.4) is 0 Å². The van der Waals surface area contributed by atoms with E-state index >= 15 is 0 Å². The van der Waals surface area contributed by atoms with E-state index in [2.05, 4.69) is 10.4 Å². The third-order valence-electron chi connectivity index (χ3n) is 2.34. The second-order valence-electron chi connectivity index (χ2n) is 5.66. The molecule has 0 saturated heterocycles. The van der Waals surface area contributed by atoms with Gasteiger partial charge in [-0.2, -0.15) is 5.10 Å². The van der Waals surface area contributed by atoms with E-state index < -0.39 is 17.7 Å². The Morgan fingerprint density at radius 3 is 2.37 bits per heavy atom. The highest BCUT2D eigenvalue weighted by atomic mass is 16.6. The Bertz CT molecular complexity index is 432. The molecule has 0 unspecified atom stereocenters. The molecule has 1 N–H and O–H groups in total. The summed E-state index contributed by atoms with van der Waals surface area (Å²) in [6.45, 7) is 9.01. The van der Waals surface area contributed by atoms with Crippen molar-refractivity contribution >= 4 is 12.0 Å². The van der Waals surface area contributed by atoms with Crippen LogP contribution in [0.15, 0.2) is 18.5 Å². The molecule has 106 valence electrons. The monoisotopic (exact) mass is 267 g/mol. The number of hydrogen-bond acceptors (Lipinski definition) is 4. The smallest absolute Gasteiger partial charge is 0.408 e. The highest BCUT2D eigenvalue weighted by Gasteiger charge is 2.28. The zero-order chi connectivity index (χ0) is 14.6. The zero-order valence-electron chi connectivity index (χ0n) is 12.0. The van der Waals surface area contributed by atoms with Crippen molar-refractivity contribution in [3.8, 4) is 0 Å². The van der Waals surface area contributed by atoms with E-state index in [4.69, 9.17) is 4.74 Å². The van der Waals surface area contributed by atoms with Crippen molar-refractivity contribution in [1.82, 2.24) is 15.1 Å². The number of rotatable bonds is 3. The lowest BCUT2D eigenvalue weighted by Crippen LogP contribution is -2.48. The van der Waals surface area contributed by atoms with Crippen molar-refractivity contribution in [1.29, 1.82) is 0 Å². The van der Waals surface area contributed by atoms with Crippen LogP contribution in [0.4, 0.5) is 4.79 Å². The first-order valence-corrected chi connectivity index (χ1v) is 6.24. The molecule has 0 spiro atoms. The maximum atomic E-state index is 12.2. The molecule has 6 heteroatoms. The number of hydrogen-bond donors (Lipinski definition) is 1. The molecule has 1 aromatic heterocycles. The summed E-state index contributed by atoms with van der Waals surface area (Å²) in [6, 6.07) is 0.984. The Kier molecular flexibility index (Phi) is 4.69. The van der Waals surface area contributed by atoms with E-state index in [1.807, 2.05) is 13.8 Å². The molecule has 0 aromatic carbocycles. The van der Waals surface area contributed by atoms with Gasteiger partial charge >= 0.3 is 6.09 Å². The fraction of sp³-hybridized carbons (Fsp3) is 0.615. The van der Waals surface area contributed by atoms with Crippen molar-refractivity contribution in [3.63, 3.8) is 0 Å². The summed E-state index contributed by atoms with van der Waals surface area (Å²) in [7, 11) is 0. The minimum Gasteiger partial charge on any atom is -0.444 e. The highest BCUT2D eigenvalue weighted by Crippen LogP contribution is 2.09. The Morgan fingerprint density at radius 1 is 1.32 bits per heavy atom. The topological polar surface area (TPSA) is 73.2 Å². The fourth-order valence-electron chi connectivity index (χ4n) is 1.49. The lowest BCUT2D eigenvalue weighted by atomic mass is 10.0. The summed E-state index contributed by atoms with van der Waals surface area (Å²) in [4.78, 5) is 23.9. The maximum Gasteiger partial charge on any atom is 0.408 e. The Labute approximate surface area is 113 Å². The number of amides is 1. The van der Waals surface area contributed by atoms with E-state index in [1.165, 1.54) is 10.9 Å². The Morgan fingerprint density at radius 2 is 1.95 bits per heavy atom. The molecule has 1 rings (SSSR count). The van der Waals surface area contributed by atoms with Gasteiger partial charge in [0.15, 0.2) is 0 Å². The van der Waals surface area contributed by atoms with Crippen LogP contribution in [0.5, 0.6) is 0 Å². The summed E-state index contributed by atoms with van der Waals surface area (Å²) in [5.41, 5.74) is -0.597. The quantitative estimate of drug-likeness (QED) is 0.910. The second kappa shape index (κ2) is 5.86. The van der Waals surface area contributed by atoms with Gasteiger partial charge in [-0.05, 0) is 32.8 Å². The first-order chi connectivity index (χ1) is 8.70. The molecule has 0 aliphatic heterocycles. The van der Waals surface area contributed by atoms with Crippen molar-refractivity contribution in [3.05, 3.63) is 18.5 Å². The standard InChI is InChI=1S/C13H21N3O3/c1-9(2)10(11(17)16-8-6-7-14-16)15-12(18)19-13(3,4)5/h6-10H,1-5H3,(H,15,18)/t10-/m1/s1. The minimum absolute atomic E-state index is 0.0655. The first kappa shape index (κ1) is 15.2. The summed E-state index contributed by atoms with van der Waals surface area (Å²) in [5, 5.41) is 6.47. The van der Waals surface area contributed by atoms with E-state index in [9.17, 15) is 9.59 Å². The molecule has 1 amide bonds. The lowest BCUT2D eigenvalue weighted by molar-refractivity contribution is 0.0462. The van der Waals surface area contributed by atoms with Gasteiger partial charge < -0.3 is 10.1 Å². The third-order valence-corrected chi connectivity index (χ3v) is 2.34. The molecule has 19 heavy (non-hydrogen) atoms. The summed E-state index contributed by atoms with van der Waals surface area (Å²) in [5.74, 6) is -0.352. The predicted octanol–water partition coefficient (Wildman–Crippen LogP) is 2.07. The summed E-state index contributed by atoms with van der Waals surface area (Å²) >= 11 is 0. The van der Waals surface area contributed by atoms with Crippen molar-refractivity contribution in [2.24, 2.45) is 5.92 Å². The third kappa shape index (κ3) is 4.73. The van der Waals surface area contributed by atoms with Crippen LogP contribution in [-0.2, 0) is 4.74 Å². The van der Waals surface area contributed by atoms with Crippen LogP contribution < -0.4 is 5.32 Å². The molecule has 1 atom stereocenters. The van der Waals surface area contributed by atoms with E-state index in [1.54, 1.807) is 33.0 Å². The van der Waals surface area contributed by atoms with Crippen LogP contribution in [0.25, 0.3) is 0 Å². The Hall–Kier alpha value is -1.85. The van der Waals surface area contributed by atoms with Crippen LogP contribution in [0.1, 0.15) is 39.4 Å². The second-order valence-corrected chi connectivity index (χ2v) is 5.66. The van der Waals surface area contributed by atoms with E-state index in [0.29, 0.717) is 0 Å². The number of nitrogens with zero attached hydrogens (tertiary/aromatic N) is 2. The first-order valence-electron chi connectivity index (χ1n) is 6.24. The van der Waals surface area contributed by atoms with Gasteiger partial charge in [0.25, 0.3) is 5.91 Å². The fourth-order valence-corrected chi connectivity index (χ4v) is 1.49. The molecule has 0 aliphatic rings. The van der Waals surface area contributed by atoms with Crippen molar-refractivity contribution in [2.75, 3.05) is 0 Å². The van der Waals surface area contributed by atoms with Gasteiger partial charge in [0.05, 0.1) is 0 Å². The van der Waals surface area contributed by atoms with Crippen molar-refractivity contribution < 1.29 is 14.3 Å².